The molecule has 74 valence electrons. The molecule has 0 saturated carbocycles. The smallest absolute Gasteiger partial charge is 0.120 e. The van der Waals surface area contributed by atoms with Crippen LogP contribution < -0.4 is 0 Å². The Labute approximate surface area is 81.5 Å². The van der Waals surface area contributed by atoms with E-state index in [1.165, 1.54) is 11.1 Å². The fourth-order valence-electron chi connectivity index (χ4n) is 1.08. The van der Waals surface area contributed by atoms with Gasteiger partial charge in [0, 0.05) is 6.42 Å². The van der Waals surface area contributed by atoms with Crippen LogP contribution >= 0.6 is 0 Å². The Bertz CT molecular complexity index is 199. The molecular weight excluding hydrogens is 160 g/mol. The van der Waals surface area contributed by atoms with Crippen molar-refractivity contribution >= 4 is 6.29 Å². The average molecular weight is 180 g/mol. The highest BCUT2D eigenvalue weighted by molar-refractivity contribution is 5.49. The van der Waals surface area contributed by atoms with E-state index in [2.05, 4.69) is 32.9 Å². The predicted octanol–water partition coefficient (Wildman–Crippen LogP) is 3.66. The molecule has 0 spiro atoms. The normalized spacial score (nSPS) is 13.2. The van der Waals surface area contributed by atoms with E-state index in [1.54, 1.807) is 0 Å². The summed E-state index contributed by atoms with van der Waals surface area (Å²) in [6, 6.07) is 0. The number of rotatable bonds is 6. The molecular formula is C12H20O. The molecule has 13 heavy (non-hydrogen) atoms. The van der Waals surface area contributed by atoms with Gasteiger partial charge in [-0.05, 0) is 40.0 Å². The highest BCUT2D eigenvalue weighted by atomic mass is 16.1. The topological polar surface area (TPSA) is 17.1 Å². The Hall–Kier alpha value is -0.850. The summed E-state index contributed by atoms with van der Waals surface area (Å²) in [7, 11) is 0. The summed E-state index contributed by atoms with van der Waals surface area (Å²) in [6.45, 7) is 6.31. The van der Waals surface area contributed by atoms with E-state index in [4.69, 9.17) is 0 Å². The standard InChI is InChI=1S/C12H20O/c1-4-11(2)7-5-8-12(3)9-6-10-13/h4,8,10H,5-7,9H2,1-3H3/b11-4+,12-8-. The first kappa shape index (κ1) is 12.2. The quantitative estimate of drug-likeness (QED) is 0.450. The van der Waals surface area contributed by atoms with Gasteiger partial charge in [-0.1, -0.05) is 23.3 Å². The molecule has 0 saturated heterocycles. The van der Waals surface area contributed by atoms with E-state index in [1.807, 2.05) is 0 Å². The molecule has 0 unspecified atom stereocenters. The molecule has 0 aliphatic rings. The van der Waals surface area contributed by atoms with Gasteiger partial charge in [0.2, 0.25) is 0 Å². The molecule has 0 radical (unpaired) electrons. The molecule has 0 bridgehead atoms. The van der Waals surface area contributed by atoms with E-state index >= 15 is 0 Å². The zero-order valence-electron chi connectivity index (χ0n) is 8.97. The van der Waals surface area contributed by atoms with Crippen LogP contribution in [0.5, 0.6) is 0 Å². The Morgan fingerprint density at radius 2 is 1.69 bits per heavy atom. The number of carbonyl (C=O) groups excluding carboxylic acids is 1. The van der Waals surface area contributed by atoms with Gasteiger partial charge in [-0.15, -0.1) is 0 Å². The molecule has 0 amide bonds. The molecule has 0 rings (SSSR count). The van der Waals surface area contributed by atoms with Crippen LogP contribution in [0.3, 0.4) is 0 Å². The van der Waals surface area contributed by atoms with Crippen LogP contribution in [-0.2, 0) is 4.79 Å². The lowest BCUT2D eigenvalue weighted by atomic mass is 10.1. The fraction of sp³-hybridized carbons (Fsp3) is 0.583. The highest BCUT2D eigenvalue weighted by Gasteiger charge is 1.90. The van der Waals surface area contributed by atoms with Gasteiger partial charge >= 0.3 is 0 Å². The van der Waals surface area contributed by atoms with E-state index in [0.717, 1.165) is 25.5 Å². The Morgan fingerprint density at radius 1 is 1.08 bits per heavy atom. The molecule has 0 atom stereocenters. The van der Waals surface area contributed by atoms with E-state index in [-0.39, 0.29) is 0 Å². The van der Waals surface area contributed by atoms with E-state index < -0.39 is 0 Å². The molecule has 0 N–H and O–H groups in total. The Morgan fingerprint density at radius 3 is 2.23 bits per heavy atom. The van der Waals surface area contributed by atoms with Crippen LogP contribution in [0.2, 0.25) is 0 Å². The van der Waals surface area contributed by atoms with Crippen LogP contribution in [0.25, 0.3) is 0 Å². The van der Waals surface area contributed by atoms with Crippen LogP contribution in [0.15, 0.2) is 23.3 Å². The maximum Gasteiger partial charge on any atom is 0.120 e. The van der Waals surface area contributed by atoms with Gasteiger partial charge in [0.1, 0.15) is 6.29 Å². The van der Waals surface area contributed by atoms with Crippen LogP contribution in [-0.4, -0.2) is 6.29 Å². The van der Waals surface area contributed by atoms with Crippen molar-refractivity contribution < 1.29 is 4.79 Å². The number of carbonyl (C=O) groups is 1. The van der Waals surface area contributed by atoms with Gasteiger partial charge in [-0.3, -0.25) is 0 Å². The molecule has 0 aliphatic heterocycles. The van der Waals surface area contributed by atoms with Crippen molar-refractivity contribution in [2.45, 2.75) is 46.5 Å². The van der Waals surface area contributed by atoms with Crippen molar-refractivity contribution in [3.63, 3.8) is 0 Å². The van der Waals surface area contributed by atoms with Gasteiger partial charge in [0.05, 0.1) is 0 Å². The first-order valence-electron chi connectivity index (χ1n) is 4.91. The van der Waals surface area contributed by atoms with Crippen molar-refractivity contribution in [2.24, 2.45) is 0 Å². The lowest BCUT2D eigenvalue weighted by Gasteiger charge is -1.98. The Kier molecular flexibility index (Phi) is 7.27. The molecule has 0 aliphatic carbocycles. The molecule has 1 nitrogen and oxygen atoms in total. The first-order valence-corrected chi connectivity index (χ1v) is 4.91. The number of allylic oxidation sites excluding steroid dienone is 4. The summed E-state index contributed by atoms with van der Waals surface area (Å²) in [5.74, 6) is 0. The van der Waals surface area contributed by atoms with Gasteiger partial charge < -0.3 is 4.79 Å². The third-order valence-electron chi connectivity index (χ3n) is 2.18. The molecule has 0 fully saturated rings. The number of hydrogen-bond acceptors (Lipinski definition) is 1. The second-order valence-electron chi connectivity index (χ2n) is 3.43. The molecule has 0 aromatic rings. The maximum absolute atomic E-state index is 10.1. The summed E-state index contributed by atoms with van der Waals surface area (Å²) >= 11 is 0. The fourth-order valence-corrected chi connectivity index (χ4v) is 1.08. The summed E-state index contributed by atoms with van der Waals surface area (Å²) < 4.78 is 0. The van der Waals surface area contributed by atoms with E-state index in [9.17, 15) is 4.79 Å². The minimum absolute atomic E-state index is 0.658. The predicted molar refractivity (Wildman–Crippen MR) is 57.7 cm³/mol. The molecule has 0 aromatic carbocycles. The van der Waals surface area contributed by atoms with Crippen LogP contribution in [0, 0.1) is 0 Å². The van der Waals surface area contributed by atoms with Crippen molar-refractivity contribution in [3.8, 4) is 0 Å². The zero-order chi connectivity index (χ0) is 10.1. The van der Waals surface area contributed by atoms with E-state index in [0.29, 0.717) is 6.42 Å². The largest absolute Gasteiger partial charge is 0.303 e. The summed E-state index contributed by atoms with van der Waals surface area (Å²) in [5.41, 5.74) is 2.76. The minimum Gasteiger partial charge on any atom is -0.303 e. The van der Waals surface area contributed by atoms with Crippen molar-refractivity contribution in [1.82, 2.24) is 0 Å². The third kappa shape index (κ3) is 7.51. The highest BCUT2D eigenvalue weighted by Crippen LogP contribution is 2.08. The van der Waals surface area contributed by atoms with Crippen LogP contribution in [0.4, 0.5) is 0 Å². The Balaban J connectivity index is 3.64. The summed E-state index contributed by atoms with van der Waals surface area (Å²) in [5, 5.41) is 0. The molecule has 0 heterocycles. The molecule has 0 aromatic heterocycles. The van der Waals surface area contributed by atoms with Crippen molar-refractivity contribution in [1.29, 1.82) is 0 Å². The summed E-state index contributed by atoms with van der Waals surface area (Å²) in [4.78, 5) is 10.1. The maximum atomic E-state index is 10.1. The van der Waals surface area contributed by atoms with Crippen molar-refractivity contribution in [2.75, 3.05) is 0 Å². The second-order valence-corrected chi connectivity index (χ2v) is 3.43. The monoisotopic (exact) mass is 180 g/mol. The summed E-state index contributed by atoms with van der Waals surface area (Å²) in [6.07, 6.45) is 9.17. The van der Waals surface area contributed by atoms with Crippen molar-refractivity contribution in [3.05, 3.63) is 23.3 Å². The SMILES string of the molecule is C/C=C(\C)CC/C=C(/C)CCC=O. The molecule has 1 heteroatoms. The van der Waals surface area contributed by atoms with Gasteiger partial charge in [-0.2, -0.15) is 0 Å². The first-order chi connectivity index (χ1) is 6.20. The number of hydrogen-bond donors (Lipinski definition) is 0. The lowest BCUT2D eigenvalue weighted by molar-refractivity contribution is -0.107. The third-order valence-corrected chi connectivity index (χ3v) is 2.18. The van der Waals surface area contributed by atoms with Gasteiger partial charge in [-0.25, -0.2) is 0 Å². The minimum atomic E-state index is 0.658. The lowest BCUT2D eigenvalue weighted by Crippen LogP contribution is -1.81. The van der Waals surface area contributed by atoms with Gasteiger partial charge in [0.15, 0.2) is 0 Å². The van der Waals surface area contributed by atoms with Gasteiger partial charge in [0.25, 0.3) is 0 Å². The number of aldehydes is 1. The zero-order valence-corrected chi connectivity index (χ0v) is 8.97. The van der Waals surface area contributed by atoms with Crippen LogP contribution in [0.1, 0.15) is 46.5 Å². The second kappa shape index (κ2) is 7.78. The average Bonchev–Trinajstić information content (AvgIpc) is 2.14.